The first-order valence-electron chi connectivity index (χ1n) is 5.43. The third-order valence-corrected chi connectivity index (χ3v) is 4.27. The van der Waals surface area contributed by atoms with E-state index in [-0.39, 0.29) is 0 Å². The van der Waals surface area contributed by atoms with Crippen molar-refractivity contribution < 1.29 is 0 Å². The van der Waals surface area contributed by atoms with Crippen LogP contribution in [-0.2, 0) is 0 Å². The molecule has 2 unspecified atom stereocenters. The Labute approximate surface area is 85.2 Å². The van der Waals surface area contributed by atoms with E-state index in [1.165, 1.54) is 50.3 Å². The third kappa shape index (κ3) is 2.61. The van der Waals surface area contributed by atoms with Crippen molar-refractivity contribution in [2.45, 2.75) is 37.8 Å². The molecule has 1 heterocycles. The van der Waals surface area contributed by atoms with Crippen LogP contribution in [0.1, 0.15) is 25.7 Å². The summed E-state index contributed by atoms with van der Waals surface area (Å²) in [6.45, 7) is 2.60. The summed E-state index contributed by atoms with van der Waals surface area (Å²) >= 11 is 2.11. The minimum atomic E-state index is 0.487. The van der Waals surface area contributed by atoms with Crippen molar-refractivity contribution >= 4 is 11.8 Å². The van der Waals surface area contributed by atoms with Gasteiger partial charge in [0, 0.05) is 24.4 Å². The molecule has 0 amide bonds. The standard InChI is InChI=1S/C10H20N2S/c11-9-2-3-10(8-9)12-4-1-6-13-7-5-12/h9-10H,1-8,11H2. The molecule has 0 spiro atoms. The van der Waals surface area contributed by atoms with Gasteiger partial charge in [0.2, 0.25) is 0 Å². The molecule has 1 aliphatic carbocycles. The zero-order valence-corrected chi connectivity index (χ0v) is 9.06. The largest absolute Gasteiger partial charge is 0.328 e. The lowest BCUT2D eigenvalue weighted by Crippen LogP contribution is -2.36. The minimum absolute atomic E-state index is 0.487. The summed E-state index contributed by atoms with van der Waals surface area (Å²) in [4.78, 5) is 2.67. The molecule has 3 heteroatoms. The van der Waals surface area contributed by atoms with Gasteiger partial charge in [-0.1, -0.05) is 0 Å². The molecule has 2 nitrogen and oxygen atoms in total. The van der Waals surface area contributed by atoms with E-state index in [4.69, 9.17) is 5.73 Å². The Bertz CT molecular complexity index is 155. The highest BCUT2D eigenvalue weighted by Gasteiger charge is 2.27. The van der Waals surface area contributed by atoms with Crippen LogP contribution in [-0.4, -0.2) is 41.6 Å². The second-order valence-corrected chi connectivity index (χ2v) is 5.45. The number of nitrogens with zero attached hydrogens (tertiary/aromatic N) is 1. The normalized spacial score (nSPS) is 37.6. The van der Waals surface area contributed by atoms with E-state index in [2.05, 4.69) is 16.7 Å². The molecule has 0 radical (unpaired) electrons. The average Bonchev–Trinajstić information content (AvgIpc) is 2.43. The zero-order chi connectivity index (χ0) is 9.10. The highest BCUT2D eigenvalue weighted by molar-refractivity contribution is 7.99. The molecule has 2 aliphatic rings. The van der Waals surface area contributed by atoms with Crippen molar-refractivity contribution in [2.75, 3.05) is 24.6 Å². The summed E-state index contributed by atoms with van der Waals surface area (Å²) in [6.07, 6.45) is 5.20. The van der Waals surface area contributed by atoms with E-state index in [0.717, 1.165) is 6.04 Å². The van der Waals surface area contributed by atoms with E-state index in [1.54, 1.807) is 0 Å². The van der Waals surface area contributed by atoms with Crippen molar-refractivity contribution in [1.29, 1.82) is 0 Å². The van der Waals surface area contributed by atoms with Gasteiger partial charge in [-0.2, -0.15) is 11.8 Å². The number of hydrogen-bond acceptors (Lipinski definition) is 3. The maximum Gasteiger partial charge on any atom is 0.0111 e. The van der Waals surface area contributed by atoms with Crippen LogP contribution in [0.3, 0.4) is 0 Å². The molecule has 0 aromatic heterocycles. The smallest absolute Gasteiger partial charge is 0.0111 e. The first-order chi connectivity index (χ1) is 6.36. The fourth-order valence-electron chi connectivity index (χ4n) is 2.45. The number of thioether (sulfide) groups is 1. The minimum Gasteiger partial charge on any atom is -0.328 e. The van der Waals surface area contributed by atoms with Gasteiger partial charge in [0.15, 0.2) is 0 Å². The molecule has 13 heavy (non-hydrogen) atoms. The molecule has 2 rings (SSSR count). The lowest BCUT2D eigenvalue weighted by molar-refractivity contribution is 0.213. The van der Waals surface area contributed by atoms with E-state index < -0.39 is 0 Å². The second kappa shape index (κ2) is 4.67. The maximum atomic E-state index is 5.94. The van der Waals surface area contributed by atoms with Crippen LogP contribution in [0, 0.1) is 0 Å². The number of rotatable bonds is 1. The van der Waals surface area contributed by atoms with Gasteiger partial charge in [-0.3, -0.25) is 4.90 Å². The predicted molar refractivity (Wildman–Crippen MR) is 59.1 cm³/mol. The lowest BCUT2D eigenvalue weighted by atomic mass is 10.2. The molecular formula is C10H20N2S. The van der Waals surface area contributed by atoms with Crippen molar-refractivity contribution in [3.8, 4) is 0 Å². The summed E-state index contributed by atoms with van der Waals surface area (Å²) < 4.78 is 0. The van der Waals surface area contributed by atoms with Gasteiger partial charge in [0.05, 0.1) is 0 Å². The molecule has 2 fully saturated rings. The highest BCUT2D eigenvalue weighted by atomic mass is 32.2. The Morgan fingerprint density at radius 3 is 2.85 bits per heavy atom. The molecule has 0 aromatic carbocycles. The van der Waals surface area contributed by atoms with Crippen LogP contribution in [0.5, 0.6) is 0 Å². The Morgan fingerprint density at radius 2 is 2.08 bits per heavy atom. The quantitative estimate of drug-likeness (QED) is 0.692. The van der Waals surface area contributed by atoms with Crippen LogP contribution in [0.25, 0.3) is 0 Å². The fraction of sp³-hybridized carbons (Fsp3) is 1.00. The van der Waals surface area contributed by atoms with E-state index >= 15 is 0 Å². The molecule has 1 saturated carbocycles. The Balaban J connectivity index is 1.84. The summed E-state index contributed by atoms with van der Waals surface area (Å²) in [5.74, 6) is 2.68. The van der Waals surface area contributed by atoms with Gasteiger partial charge in [-0.05, 0) is 38.0 Å². The van der Waals surface area contributed by atoms with Gasteiger partial charge in [-0.15, -0.1) is 0 Å². The molecule has 76 valence electrons. The van der Waals surface area contributed by atoms with Gasteiger partial charge in [-0.25, -0.2) is 0 Å². The first kappa shape index (κ1) is 9.81. The van der Waals surface area contributed by atoms with Gasteiger partial charge in [0.1, 0.15) is 0 Å². The van der Waals surface area contributed by atoms with Crippen LogP contribution in [0.15, 0.2) is 0 Å². The zero-order valence-electron chi connectivity index (χ0n) is 8.24. The Kier molecular flexibility index (Phi) is 3.52. The van der Waals surface area contributed by atoms with E-state index in [9.17, 15) is 0 Å². The second-order valence-electron chi connectivity index (χ2n) is 4.23. The first-order valence-corrected chi connectivity index (χ1v) is 6.59. The van der Waals surface area contributed by atoms with Gasteiger partial charge >= 0.3 is 0 Å². The molecular weight excluding hydrogens is 180 g/mol. The van der Waals surface area contributed by atoms with Crippen LogP contribution >= 0.6 is 11.8 Å². The fourth-order valence-corrected chi connectivity index (χ4v) is 3.35. The number of nitrogens with two attached hydrogens (primary N) is 1. The third-order valence-electron chi connectivity index (χ3n) is 3.22. The molecule has 2 atom stereocenters. The van der Waals surface area contributed by atoms with E-state index in [1.807, 2.05) is 0 Å². The van der Waals surface area contributed by atoms with Crippen LogP contribution < -0.4 is 5.73 Å². The predicted octanol–water partition coefficient (Wildman–Crippen LogP) is 1.31. The lowest BCUT2D eigenvalue weighted by Gasteiger charge is -2.26. The van der Waals surface area contributed by atoms with Crippen LogP contribution in [0.2, 0.25) is 0 Å². The van der Waals surface area contributed by atoms with Crippen molar-refractivity contribution in [3.05, 3.63) is 0 Å². The summed E-state index contributed by atoms with van der Waals surface area (Å²) in [7, 11) is 0. The molecule has 1 saturated heterocycles. The average molecular weight is 200 g/mol. The topological polar surface area (TPSA) is 29.3 Å². The van der Waals surface area contributed by atoms with Gasteiger partial charge in [0.25, 0.3) is 0 Å². The van der Waals surface area contributed by atoms with Crippen molar-refractivity contribution in [1.82, 2.24) is 4.90 Å². The summed E-state index contributed by atoms with van der Waals surface area (Å²) in [6, 6.07) is 1.30. The van der Waals surface area contributed by atoms with Crippen molar-refractivity contribution in [3.63, 3.8) is 0 Å². The Morgan fingerprint density at radius 1 is 1.15 bits per heavy atom. The maximum absolute atomic E-state index is 5.94. The SMILES string of the molecule is NC1CCC(N2CCCSCC2)C1. The summed E-state index contributed by atoms with van der Waals surface area (Å²) in [5.41, 5.74) is 5.94. The monoisotopic (exact) mass is 200 g/mol. The van der Waals surface area contributed by atoms with Crippen molar-refractivity contribution in [2.24, 2.45) is 5.73 Å². The molecule has 2 N–H and O–H groups in total. The van der Waals surface area contributed by atoms with Crippen LogP contribution in [0.4, 0.5) is 0 Å². The molecule has 0 aromatic rings. The number of hydrogen-bond donors (Lipinski definition) is 1. The van der Waals surface area contributed by atoms with E-state index in [0.29, 0.717) is 6.04 Å². The van der Waals surface area contributed by atoms with Gasteiger partial charge < -0.3 is 5.73 Å². The Hall–Kier alpha value is 0.270. The molecule has 1 aliphatic heterocycles. The summed E-state index contributed by atoms with van der Waals surface area (Å²) in [5, 5.41) is 0. The molecule has 0 bridgehead atoms. The highest BCUT2D eigenvalue weighted by Crippen LogP contribution is 2.24.